The molecule has 1 aromatic heterocycles. The number of nitriles is 1. The van der Waals surface area contributed by atoms with Crippen LogP contribution in [0.4, 0.5) is 0 Å². The van der Waals surface area contributed by atoms with Crippen molar-refractivity contribution in [2.75, 3.05) is 0 Å². The predicted octanol–water partition coefficient (Wildman–Crippen LogP) is 5.99. The average Bonchev–Trinajstić information content (AvgIpc) is 3.03. The minimum atomic E-state index is -0.322. The monoisotopic (exact) mass is 441 g/mol. The first-order chi connectivity index (χ1) is 15.8. The first-order valence-electron chi connectivity index (χ1n) is 12.5. The zero-order valence-corrected chi connectivity index (χ0v) is 20.3. The van der Waals surface area contributed by atoms with E-state index in [0.717, 1.165) is 40.4 Å². The van der Waals surface area contributed by atoms with Crippen LogP contribution in [0.25, 0.3) is 11.8 Å². The van der Waals surface area contributed by atoms with Gasteiger partial charge in [0.05, 0.1) is 0 Å². The Morgan fingerprint density at radius 1 is 1.09 bits per heavy atom. The van der Waals surface area contributed by atoms with E-state index in [1.807, 2.05) is 13.8 Å². The lowest BCUT2D eigenvalue weighted by atomic mass is 9.48. The summed E-state index contributed by atoms with van der Waals surface area (Å²) in [6.07, 6.45) is 10.2. The number of aryl methyl sites for hydroxylation is 1. The van der Waals surface area contributed by atoms with Crippen LogP contribution >= 0.6 is 0 Å². The Kier molecular flexibility index (Phi) is 5.47. The van der Waals surface area contributed by atoms with Gasteiger partial charge in [0.25, 0.3) is 5.91 Å². The number of benzene rings is 1. The molecule has 1 heterocycles. The van der Waals surface area contributed by atoms with Crippen LogP contribution in [0.5, 0.6) is 0 Å². The van der Waals surface area contributed by atoms with Gasteiger partial charge in [-0.3, -0.25) is 4.79 Å². The normalized spacial score (nSPS) is 28.2. The molecule has 4 heteroatoms. The third-order valence-corrected chi connectivity index (χ3v) is 8.33. The van der Waals surface area contributed by atoms with E-state index >= 15 is 0 Å². The van der Waals surface area contributed by atoms with Crippen molar-refractivity contribution in [2.24, 2.45) is 17.8 Å². The van der Waals surface area contributed by atoms with Crippen LogP contribution in [-0.4, -0.2) is 16.5 Å². The van der Waals surface area contributed by atoms with Crippen LogP contribution < -0.4 is 5.32 Å². The molecule has 33 heavy (non-hydrogen) atoms. The van der Waals surface area contributed by atoms with E-state index in [2.05, 4.69) is 60.1 Å². The fourth-order valence-corrected chi connectivity index (χ4v) is 7.40. The SMILES string of the molecule is Cc1cc(C=C(C#N)C(=O)NC(C)C)c(C)n1-c1ccc(C23CC4CC(CC(C4)C2)C3)cc1. The molecule has 1 aromatic carbocycles. The Balaban J connectivity index is 1.43. The molecule has 6 rings (SSSR count). The molecule has 0 spiro atoms. The van der Waals surface area contributed by atoms with Crippen molar-refractivity contribution >= 4 is 12.0 Å². The zero-order chi connectivity index (χ0) is 23.3. The van der Waals surface area contributed by atoms with Crippen LogP contribution in [0.3, 0.4) is 0 Å². The molecule has 4 fully saturated rings. The highest BCUT2D eigenvalue weighted by atomic mass is 16.1. The lowest BCUT2D eigenvalue weighted by Gasteiger charge is -2.57. The van der Waals surface area contributed by atoms with Gasteiger partial charge in [-0.05, 0) is 125 Å². The molecule has 0 atom stereocenters. The molecule has 0 aliphatic heterocycles. The van der Waals surface area contributed by atoms with Crippen molar-refractivity contribution < 1.29 is 4.79 Å². The van der Waals surface area contributed by atoms with E-state index < -0.39 is 0 Å². The number of hydrogen-bond acceptors (Lipinski definition) is 2. The second kappa shape index (κ2) is 8.20. The van der Waals surface area contributed by atoms with Crippen molar-refractivity contribution in [1.29, 1.82) is 5.26 Å². The van der Waals surface area contributed by atoms with Gasteiger partial charge in [-0.2, -0.15) is 5.26 Å². The van der Waals surface area contributed by atoms with E-state index in [4.69, 9.17) is 0 Å². The molecule has 0 unspecified atom stereocenters. The van der Waals surface area contributed by atoms with Crippen LogP contribution in [0.15, 0.2) is 35.9 Å². The number of carbonyl (C=O) groups excluding carboxylic acids is 1. The Bertz CT molecular complexity index is 1110. The maximum Gasteiger partial charge on any atom is 0.262 e. The molecule has 4 bridgehead atoms. The minimum Gasteiger partial charge on any atom is -0.349 e. The van der Waals surface area contributed by atoms with Gasteiger partial charge < -0.3 is 9.88 Å². The molecule has 0 radical (unpaired) electrons. The average molecular weight is 442 g/mol. The highest BCUT2D eigenvalue weighted by Crippen LogP contribution is 2.60. The number of hydrogen-bond donors (Lipinski definition) is 1. The molecule has 1 N–H and O–H groups in total. The van der Waals surface area contributed by atoms with Gasteiger partial charge in [0.2, 0.25) is 0 Å². The Labute approximate surface area is 197 Å². The third-order valence-electron chi connectivity index (χ3n) is 8.33. The molecular formula is C29H35N3O. The molecule has 4 saturated carbocycles. The molecule has 4 nitrogen and oxygen atoms in total. The van der Waals surface area contributed by atoms with Gasteiger partial charge in [0.15, 0.2) is 0 Å². The summed E-state index contributed by atoms with van der Waals surface area (Å²) in [4.78, 5) is 12.4. The summed E-state index contributed by atoms with van der Waals surface area (Å²) in [6.45, 7) is 7.93. The van der Waals surface area contributed by atoms with Gasteiger partial charge in [0.1, 0.15) is 11.6 Å². The number of carbonyl (C=O) groups is 1. The minimum absolute atomic E-state index is 0.00540. The quantitative estimate of drug-likeness (QED) is 0.457. The summed E-state index contributed by atoms with van der Waals surface area (Å²) in [5.41, 5.74) is 6.28. The van der Waals surface area contributed by atoms with Gasteiger partial charge in [0, 0.05) is 23.1 Å². The van der Waals surface area contributed by atoms with Crippen molar-refractivity contribution in [3.8, 4) is 11.8 Å². The van der Waals surface area contributed by atoms with Gasteiger partial charge in [-0.1, -0.05) is 12.1 Å². The Morgan fingerprint density at radius 3 is 2.18 bits per heavy atom. The highest BCUT2D eigenvalue weighted by molar-refractivity contribution is 6.02. The van der Waals surface area contributed by atoms with Crippen LogP contribution in [0.2, 0.25) is 0 Å². The lowest BCUT2D eigenvalue weighted by Crippen LogP contribution is -2.48. The predicted molar refractivity (Wildman–Crippen MR) is 132 cm³/mol. The number of aromatic nitrogens is 1. The number of nitrogens with one attached hydrogen (secondary N) is 1. The fraction of sp³-hybridized carbons (Fsp3) is 0.517. The summed E-state index contributed by atoms with van der Waals surface area (Å²) in [5.74, 6) is 2.52. The largest absolute Gasteiger partial charge is 0.349 e. The topological polar surface area (TPSA) is 57.8 Å². The maximum atomic E-state index is 12.4. The molecule has 2 aromatic rings. The third kappa shape index (κ3) is 3.92. The Morgan fingerprint density at radius 2 is 1.67 bits per heavy atom. The standard InChI is InChI=1S/C29H35N3O/c1-18(2)31-28(33)25(17-30)13-24-9-19(3)32(20(24)4)27-7-5-26(6-8-27)29-14-21-10-22(15-29)12-23(11-21)16-29/h5-9,13,18,21-23H,10-12,14-16H2,1-4H3,(H,31,33). The van der Waals surface area contributed by atoms with E-state index in [1.165, 1.54) is 44.1 Å². The number of nitrogens with zero attached hydrogens (tertiary/aromatic N) is 2. The van der Waals surface area contributed by atoms with Crippen molar-refractivity contribution in [2.45, 2.75) is 77.7 Å². The van der Waals surface area contributed by atoms with Crippen molar-refractivity contribution in [1.82, 2.24) is 9.88 Å². The first kappa shape index (κ1) is 22.0. The summed E-state index contributed by atoms with van der Waals surface area (Å²) in [6, 6.07) is 13.4. The van der Waals surface area contributed by atoms with Gasteiger partial charge in [-0.25, -0.2) is 0 Å². The summed E-state index contributed by atoms with van der Waals surface area (Å²) < 4.78 is 2.23. The summed E-state index contributed by atoms with van der Waals surface area (Å²) in [5, 5.41) is 12.3. The fourth-order valence-electron chi connectivity index (χ4n) is 7.40. The lowest BCUT2D eigenvalue weighted by molar-refractivity contribution is -0.117. The number of rotatable bonds is 5. The van der Waals surface area contributed by atoms with Crippen molar-refractivity contribution in [3.63, 3.8) is 0 Å². The van der Waals surface area contributed by atoms with E-state index in [9.17, 15) is 10.1 Å². The molecule has 1 amide bonds. The van der Waals surface area contributed by atoms with Crippen LogP contribution in [0, 0.1) is 42.9 Å². The van der Waals surface area contributed by atoms with E-state index in [-0.39, 0.29) is 17.5 Å². The van der Waals surface area contributed by atoms with Crippen LogP contribution in [-0.2, 0) is 10.2 Å². The maximum absolute atomic E-state index is 12.4. The van der Waals surface area contributed by atoms with Crippen molar-refractivity contribution in [3.05, 3.63) is 58.4 Å². The second-order valence-corrected chi connectivity index (χ2v) is 11.2. The number of amides is 1. The molecule has 4 aliphatic carbocycles. The molecule has 4 aliphatic rings. The van der Waals surface area contributed by atoms with Gasteiger partial charge >= 0.3 is 0 Å². The zero-order valence-electron chi connectivity index (χ0n) is 20.3. The Hall–Kier alpha value is -2.80. The summed E-state index contributed by atoms with van der Waals surface area (Å²) >= 11 is 0. The van der Waals surface area contributed by atoms with E-state index in [0.29, 0.717) is 5.41 Å². The molecule has 0 saturated heterocycles. The van der Waals surface area contributed by atoms with E-state index in [1.54, 1.807) is 6.08 Å². The molecule has 172 valence electrons. The highest BCUT2D eigenvalue weighted by Gasteiger charge is 2.51. The summed E-state index contributed by atoms with van der Waals surface area (Å²) in [7, 11) is 0. The second-order valence-electron chi connectivity index (χ2n) is 11.2. The van der Waals surface area contributed by atoms with Crippen LogP contribution in [0.1, 0.15) is 74.9 Å². The molecular weight excluding hydrogens is 406 g/mol. The van der Waals surface area contributed by atoms with Gasteiger partial charge in [-0.15, -0.1) is 0 Å². The smallest absolute Gasteiger partial charge is 0.262 e. The first-order valence-corrected chi connectivity index (χ1v) is 12.5.